The first-order chi connectivity index (χ1) is 11.3. The highest BCUT2D eigenvalue weighted by molar-refractivity contribution is 5.33. The smallest absolute Gasteiger partial charge is 0.118 e. The Balaban J connectivity index is 1.60. The quantitative estimate of drug-likeness (QED) is 0.661. The fourth-order valence-electron chi connectivity index (χ4n) is 3.79. The van der Waals surface area contributed by atoms with Crippen molar-refractivity contribution in [1.29, 1.82) is 0 Å². The first-order valence-corrected chi connectivity index (χ1v) is 9.00. The van der Waals surface area contributed by atoms with Gasteiger partial charge in [0.05, 0.1) is 7.11 Å². The summed E-state index contributed by atoms with van der Waals surface area (Å²) in [6.07, 6.45) is 7.91. The first-order valence-electron chi connectivity index (χ1n) is 9.00. The summed E-state index contributed by atoms with van der Waals surface area (Å²) in [7, 11) is 1.71. The molecule has 0 bridgehead atoms. The van der Waals surface area contributed by atoms with Gasteiger partial charge in [-0.2, -0.15) is 0 Å². The minimum absolute atomic E-state index is 0.785. The number of hydrogen-bond donors (Lipinski definition) is 0. The molecule has 3 rings (SSSR count). The SMILES string of the molecule is CCC1CCC(c2ccc(Cc3ccc(OC)cc3)cc2)CC1. The molecule has 0 atom stereocenters. The topological polar surface area (TPSA) is 9.23 Å². The summed E-state index contributed by atoms with van der Waals surface area (Å²) in [5.41, 5.74) is 4.26. The molecule has 0 unspecified atom stereocenters. The van der Waals surface area contributed by atoms with E-state index in [4.69, 9.17) is 4.74 Å². The van der Waals surface area contributed by atoms with Gasteiger partial charge in [-0.3, -0.25) is 0 Å². The highest BCUT2D eigenvalue weighted by Gasteiger charge is 2.20. The van der Waals surface area contributed by atoms with Gasteiger partial charge in [-0.1, -0.05) is 49.7 Å². The van der Waals surface area contributed by atoms with E-state index in [2.05, 4.69) is 43.3 Å². The molecule has 0 aromatic heterocycles. The maximum absolute atomic E-state index is 5.22. The highest BCUT2D eigenvalue weighted by Crippen LogP contribution is 2.36. The van der Waals surface area contributed by atoms with E-state index in [0.29, 0.717) is 0 Å². The van der Waals surface area contributed by atoms with Crippen molar-refractivity contribution in [2.45, 2.75) is 51.4 Å². The Morgan fingerprint density at radius 1 is 0.826 bits per heavy atom. The summed E-state index contributed by atoms with van der Waals surface area (Å²) in [4.78, 5) is 0. The van der Waals surface area contributed by atoms with Crippen molar-refractivity contribution >= 4 is 0 Å². The van der Waals surface area contributed by atoms with Gasteiger partial charge >= 0.3 is 0 Å². The lowest BCUT2D eigenvalue weighted by atomic mass is 9.78. The molecule has 1 nitrogen and oxygen atoms in total. The van der Waals surface area contributed by atoms with Crippen LogP contribution in [0.1, 0.15) is 61.6 Å². The summed E-state index contributed by atoms with van der Waals surface area (Å²) in [5, 5.41) is 0. The molecule has 1 saturated carbocycles. The van der Waals surface area contributed by atoms with E-state index >= 15 is 0 Å². The second-order valence-electron chi connectivity index (χ2n) is 6.89. The maximum Gasteiger partial charge on any atom is 0.118 e. The van der Waals surface area contributed by atoms with Crippen molar-refractivity contribution in [3.05, 3.63) is 65.2 Å². The molecular weight excluding hydrogens is 280 g/mol. The van der Waals surface area contributed by atoms with E-state index in [0.717, 1.165) is 24.0 Å². The van der Waals surface area contributed by atoms with Gasteiger partial charge in [0.2, 0.25) is 0 Å². The molecule has 2 aromatic carbocycles. The molecule has 0 saturated heterocycles. The van der Waals surface area contributed by atoms with Crippen molar-refractivity contribution in [2.24, 2.45) is 5.92 Å². The Kier molecular flexibility index (Phi) is 5.38. The monoisotopic (exact) mass is 308 g/mol. The molecule has 23 heavy (non-hydrogen) atoms. The average Bonchev–Trinajstić information content (AvgIpc) is 2.63. The van der Waals surface area contributed by atoms with E-state index in [1.165, 1.54) is 48.8 Å². The molecule has 0 amide bonds. The van der Waals surface area contributed by atoms with Crippen LogP contribution in [-0.2, 0) is 6.42 Å². The second-order valence-corrected chi connectivity index (χ2v) is 6.89. The van der Waals surface area contributed by atoms with Crippen molar-refractivity contribution in [2.75, 3.05) is 7.11 Å². The van der Waals surface area contributed by atoms with Crippen LogP contribution in [0.3, 0.4) is 0 Å². The summed E-state index contributed by atoms with van der Waals surface area (Å²) in [6, 6.07) is 17.7. The molecule has 1 fully saturated rings. The molecule has 1 aliphatic rings. The fourth-order valence-corrected chi connectivity index (χ4v) is 3.79. The van der Waals surface area contributed by atoms with Gasteiger partial charge in [0, 0.05) is 0 Å². The third-order valence-corrected chi connectivity index (χ3v) is 5.44. The van der Waals surface area contributed by atoms with E-state index in [9.17, 15) is 0 Å². The molecule has 122 valence electrons. The summed E-state index contributed by atoms with van der Waals surface area (Å²) >= 11 is 0. The van der Waals surface area contributed by atoms with Crippen LogP contribution in [0.15, 0.2) is 48.5 Å². The Morgan fingerprint density at radius 3 is 1.91 bits per heavy atom. The standard InChI is InChI=1S/C22H28O/c1-3-17-4-10-20(11-5-17)21-12-6-18(7-13-21)16-19-8-14-22(23-2)15-9-19/h6-9,12-15,17,20H,3-5,10-11,16H2,1-2H3. The number of ether oxygens (including phenoxy) is 1. The zero-order valence-corrected chi connectivity index (χ0v) is 14.4. The largest absolute Gasteiger partial charge is 0.497 e. The third kappa shape index (κ3) is 4.16. The van der Waals surface area contributed by atoms with Crippen molar-refractivity contribution in [3.63, 3.8) is 0 Å². The average molecular weight is 308 g/mol. The third-order valence-electron chi connectivity index (χ3n) is 5.44. The fraction of sp³-hybridized carbons (Fsp3) is 0.455. The molecule has 1 aliphatic carbocycles. The van der Waals surface area contributed by atoms with Gasteiger partial charge in [0.15, 0.2) is 0 Å². The molecule has 0 N–H and O–H groups in total. The lowest BCUT2D eigenvalue weighted by molar-refractivity contribution is 0.319. The minimum atomic E-state index is 0.785. The van der Waals surface area contributed by atoms with Crippen LogP contribution in [0, 0.1) is 5.92 Å². The first kappa shape index (κ1) is 16.1. The van der Waals surface area contributed by atoms with Crippen molar-refractivity contribution in [3.8, 4) is 5.75 Å². The maximum atomic E-state index is 5.22. The van der Waals surface area contributed by atoms with E-state index in [1.54, 1.807) is 7.11 Å². The number of methoxy groups -OCH3 is 1. The normalized spacial score (nSPS) is 21.1. The van der Waals surface area contributed by atoms with Crippen LogP contribution in [0.2, 0.25) is 0 Å². The Labute approximate surface area is 140 Å². The molecule has 2 aromatic rings. The molecule has 1 heteroatoms. The van der Waals surface area contributed by atoms with Crippen LogP contribution in [0.4, 0.5) is 0 Å². The molecule has 0 aliphatic heterocycles. The lowest BCUT2D eigenvalue weighted by Crippen LogP contribution is -2.12. The highest BCUT2D eigenvalue weighted by atomic mass is 16.5. The summed E-state index contributed by atoms with van der Waals surface area (Å²) in [6.45, 7) is 2.33. The van der Waals surface area contributed by atoms with Crippen LogP contribution >= 0.6 is 0 Å². The summed E-state index contributed by atoms with van der Waals surface area (Å²) in [5.74, 6) is 2.68. The minimum Gasteiger partial charge on any atom is -0.497 e. The lowest BCUT2D eigenvalue weighted by Gasteiger charge is -2.28. The van der Waals surface area contributed by atoms with Gasteiger partial charge in [0.25, 0.3) is 0 Å². The molecular formula is C22H28O. The Morgan fingerprint density at radius 2 is 1.39 bits per heavy atom. The Hall–Kier alpha value is -1.76. The van der Waals surface area contributed by atoms with Crippen LogP contribution in [0.5, 0.6) is 5.75 Å². The number of rotatable bonds is 5. The van der Waals surface area contributed by atoms with Gasteiger partial charge in [-0.25, -0.2) is 0 Å². The van der Waals surface area contributed by atoms with Gasteiger partial charge in [0.1, 0.15) is 5.75 Å². The second kappa shape index (κ2) is 7.68. The van der Waals surface area contributed by atoms with Crippen molar-refractivity contribution in [1.82, 2.24) is 0 Å². The molecule has 0 heterocycles. The predicted octanol–water partition coefficient (Wildman–Crippen LogP) is 5.97. The number of benzene rings is 2. The van der Waals surface area contributed by atoms with Crippen LogP contribution < -0.4 is 4.74 Å². The molecule has 0 radical (unpaired) electrons. The van der Waals surface area contributed by atoms with E-state index in [1.807, 2.05) is 12.1 Å². The zero-order chi connectivity index (χ0) is 16.1. The van der Waals surface area contributed by atoms with Gasteiger partial charge in [-0.05, 0) is 72.8 Å². The predicted molar refractivity (Wildman–Crippen MR) is 97.2 cm³/mol. The van der Waals surface area contributed by atoms with Crippen LogP contribution in [0.25, 0.3) is 0 Å². The zero-order valence-electron chi connectivity index (χ0n) is 14.4. The van der Waals surface area contributed by atoms with Crippen molar-refractivity contribution < 1.29 is 4.74 Å². The van der Waals surface area contributed by atoms with Gasteiger partial charge < -0.3 is 4.74 Å². The van der Waals surface area contributed by atoms with Crippen LogP contribution in [-0.4, -0.2) is 7.11 Å². The summed E-state index contributed by atoms with van der Waals surface area (Å²) < 4.78 is 5.22. The van der Waals surface area contributed by atoms with E-state index in [-0.39, 0.29) is 0 Å². The Bertz CT molecular complexity index is 589. The molecule has 0 spiro atoms. The van der Waals surface area contributed by atoms with E-state index < -0.39 is 0 Å². The van der Waals surface area contributed by atoms with Gasteiger partial charge in [-0.15, -0.1) is 0 Å². The number of hydrogen-bond acceptors (Lipinski definition) is 1.